The number of pyridine rings is 1. The average Bonchev–Trinajstić information content (AvgIpc) is 2.77. The maximum absolute atomic E-state index is 12.4. The summed E-state index contributed by atoms with van der Waals surface area (Å²) in [6.07, 6.45) is -4.54. The summed E-state index contributed by atoms with van der Waals surface area (Å²) in [5.74, 6) is -1.23. The molecule has 18 heavy (non-hydrogen) atoms. The summed E-state index contributed by atoms with van der Waals surface area (Å²) in [5, 5.41) is 10.1. The van der Waals surface area contributed by atoms with Gasteiger partial charge in [0.1, 0.15) is 10.7 Å². The highest BCUT2D eigenvalue weighted by Gasteiger charge is 2.32. The van der Waals surface area contributed by atoms with Crippen LogP contribution < -0.4 is 0 Å². The Morgan fingerprint density at radius 1 is 1.28 bits per heavy atom. The Kier molecular flexibility index (Phi) is 3.04. The number of thiazole rings is 1. The largest absolute Gasteiger partial charge is 0.476 e. The van der Waals surface area contributed by atoms with Gasteiger partial charge in [-0.25, -0.2) is 14.8 Å². The molecule has 0 aliphatic carbocycles. The van der Waals surface area contributed by atoms with E-state index in [0.29, 0.717) is 0 Å². The highest BCUT2D eigenvalue weighted by atomic mass is 32.1. The third-order valence-electron chi connectivity index (χ3n) is 1.98. The lowest BCUT2D eigenvalue weighted by Gasteiger charge is -2.05. The van der Waals surface area contributed by atoms with Gasteiger partial charge in [0.25, 0.3) is 0 Å². The summed E-state index contributed by atoms with van der Waals surface area (Å²) in [7, 11) is 0. The number of carboxylic acid groups (broad SMARTS) is 1. The molecule has 2 aromatic rings. The van der Waals surface area contributed by atoms with Gasteiger partial charge in [-0.2, -0.15) is 13.2 Å². The van der Waals surface area contributed by atoms with Crippen LogP contribution >= 0.6 is 11.3 Å². The van der Waals surface area contributed by atoms with E-state index in [1.54, 1.807) is 0 Å². The van der Waals surface area contributed by atoms with E-state index in [1.165, 1.54) is 17.5 Å². The van der Waals surface area contributed by atoms with Crippen LogP contribution in [0.5, 0.6) is 0 Å². The molecule has 2 heterocycles. The number of carboxylic acids is 1. The molecule has 0 spiro atoms. The number of hydrogen-bond acceptors (Lipinski definition) is 4. The quantitative estimate of drug-likeness (QED) is 0.914. The smallest absolute Gasteiger partial charge is 0.433 e. The lowest BCUT2D eigenvalue weighted by Crippen LogP contribution is -2.08. The van der Waals surface area contributed by atoms with Gasteiger partial charge >= 0.3 is 12.1 Å². The third-order valence-corrected chi connectivity index (χ3v) is 2.85. The number of halogens is 3. The monoisotopic (exact) mass is 274 g/mol. The summed E-state index contributed by atoms with van der Waals surface area (Å²) >= 11 is 0.929. The molecule has 0 saturated heterocycles. The minimum absolute atomic E-state index is 0.00215. The number of hydrogen-bond donors (Lipinski definition) is 1. The number of aromatic nitrogens is 2. The number of alkyl halides is 3. The van der Waals surface area contributed by atoms with Crippen LogP contribution in [0.15, 0.2) is 23.6 Å². The molecule has 0 aliphatic heterocycles. The van der Waals surface area contributed by atoms with Crippen LogP contribution in [0.3, 0.4) is 0 Å². The molecule has 0 unspecified atom stereocenters. The molecule has 2 aromatic heterocycles. The van der Waals surface area contributed by atoms with Crippen molar-refractivity contribution in [1.29, 1.82) is 0 Å². The molecule has 0 amide bonds. The maximum Gasteiger partial charge on any atom is 0.433 e. The molecule has 1 N–H and O–H groups in total. The van der Waals surface area contributed by atoms with Crippen LogP contribution in [0.4, 0.5) is 13.2 Å². The van der Waals surface area contributed by atoms with Gasteiger partial charge in [-0.15, -0.1) is 11.3 Å². The lowest BCUT2D eigenvalue weighted by molar-refractivity contribution is -0.141. The zero-order valence-electron chi connectivity index (χ0n) is 8.60. The summed E-state index contributed by atoms with van der Waals surface area (Å²) in [6, 6.07) is 3.39. The van der Waals surface area contributed by atoms with Gasteiger partial charge in [0.2, 0.25) is 0 Å². The van der Waals surface area contributed by atoms with Crippen molar-refractivity contribution >= 4 is 17.3 Å². The van der Waals surface area contributed by atoms with E-state index in [9.17, 15) is 18.0 Å². The predicted molar refractivity (Wildman–Crippen MR) is 57.3 cm³/mol. The molecular weight excluding hydrogens is 269 g/mol. The van der Waals surface area contributed by atoms with Crippen molar-refractivity contribution in [3.63, 3.8) is 0 Å². The molecule has 2 rings (SSSR count). The Hall–Kier alpha value is -1.96. The molecule has 4 nitrogen and oxygen atoms in total. The Morgan fingerprint density at radius 3 is 2.56 bits per heavy atom. The first-order valence-corrected chi connectivity index (χ1v) is 5.49. The van der Waals surface area contributed by atoms with Gasteiger partial charge < -0.3 is 5.11 Å². The van der Waals surface area contributed by atoms with Crippen LogP contribution in [0.1, 0.15) is 16.2 Å². The molecule has 0 saturated carbocycles. The zero-order valence-corrected chi connectivity index (χ0v) is 9.42. The standard InChI is InChI=1S/C10H5F3N2O2S/c11-10(12,13)7-3-1-2-5(14-7)8-15-6(4-18-8)9(16)17/h1-4H,(H,16,17). The van der Waals surface area contributed by atoms with Gasteiger partial charge in [0.05, 0.1) is 5.69 Å². The van der Waals surface area contributed by atoms with E-state index >= 15 is 0 Å². The minimum Gasteiger partial charge on any atom is -0.476 e. The maximum atomic E-state index is 12.4. The lowest BCUT2D eigenvalue weighted by atomic mass is 10.3. The second kappa shape index (κ2) is 4.37. The first kappa shape index (κ1) is 12.5. The SMILES string of the molecule is O=C(O)c1csc(-c2cccc(C(F)(F)F)n2)n1. The van der Waals surface area contributed by atoms with Crippen molar-refractivity contribution in [3.05, 3.63) is 35.0 Å². The van der Waals surface area contributed by atoms with E-state index in [-0.39, 0.29) is 16.4 Å². The van der Waals surface area contributed by atoms with Crippen molar-refractivity contribution in [3.8, 4) is 10.7 Å². The second-order valence-corrected chi connectivity index (χ2v) is 4.11. The second-order valence-electron chi connectivity index (χ2n) is 3.25. The Bertz CT molecular complexity index is 595. The van der Waals surface area contributed by atoms with E-state index in [2.05, 4.69) is 9.97 Å². The summed E-state index contributed by atoms with van der Waals surface area (Å²) < 4.78 is 37.3. The molecule has 0 bridgehead atoms. The summed E-state index contributed by atoms with van der Waals surface area (Å²) in [4.78, 5) is 17.7. The summed E-state index contributed by atoms with van der Waals surface area (Å²) in [5.41, 5.74) is -1.25. The van der Waals surface area contributed by atoms with E-state index in [4.69, 9.17) is 5.11 Å². The van der Waals surface area contributed by atoms with Gasteiger partial charge in [-0.05, 0) is 12.1 Å². The number of nitrogens with zero attached hydrogens (tertiary/aromatic N) is 2. The minimum atomic E-state index is -4.54. The van der Waals surface area contributed by atoms with Gasteiger partial charge in [0.15, 0.2) is 5.69 Å². The zero-order chi connectivity index (χ0) is 13.3. The highest BCUT2D eigenvalue weighted by molar-refractivity contribution is 7.13. The normalized spacial score (nSPS) is 11.5. The van der Waals surface area contributed by atoms with Gasteiger partial charge in [0, 0.05) is 5.38 Å². The predicted octanol–water partition coefficient (Wildman–Crippen LogP) is 2.92. The first-order chi connectivity index (χ1) is 8.38. The van der Waals surface area contributed by atoms with Crippen LogP contribution in [0, 0.1) is 0 Å². The van der Waals surface area contributed by atoms with Crippen molar-refractivity contribution in [2.45, 2.75) is 6.18 Å². The van der Waals surface area contributed by atoms with Gasteiger partial charge in [-0.3, -0.25) is 0 Å². The van der Waals surface area contributed by atoms with Crippen molar-refractivity contribution < 1.29 is 23.1 Å². The van der Waals surface area contributed by atoms with Crippen LogP contribution in [-0.4, -0.2) is 21.0 Å². The third kappa shape index (κ3) is 2.48. The van der Waals surface area contributed by atoms with E-state index in [1.807, 2.05) is 0 Å². The van der Waals surface area contributed by atoms with Crippen molar-refractivity contribution in [2.75, 3.05) is 0 Å². The fraction of sp³-hybridized carbons (Fsp3) is 0.100. The highest BCUT2D eigenvalue weighted by Crippen LogP contribution is 2.30. The Labute approximate surface area is 103 Å². The average molecular weight is 274 g/mol. The van der Waals surface area contributed by atoms with Crippen LogP contribution in [-0.2, 0) is 6.18 Å². The fourth-order valence-corrected chi connectivity index (χ4v) is 1.96. The van der Waals surface area contributed by atoms with E-state index in [0.717, 1.165) is 17.4 Å². The van der Waals surface area contributed by atoms with Gasteiger partial charge in [-0.1, -0.05) is 6.07 Å². The van der Waals surface area contributed by atoms with Crippen LogP contribution in [0.2, 0.25) is 0 Å². The van der Waals surface area contributed by atoms with Crippen LogP contribution in [0.25, 0.3) is 10.7 Å². The molecule has 94 valence electrons. The molecule has 0 aliphatic rings. The first-order valence-electron chi connectivity index (χ1n) is 4.61. The van der Waals surface area contributed by atoms with Crippen molar-refractivity contribution in [1.82, 2.24) is 9.97 Å². The van der Waals surface area contributed by atoms with Crippen molar-refractivity contribution in [2.24, 2.45) is 0 Å². The molecule has 8 heteroatoms. The molecule has 0 fully saturated rings. The Morgan fingerprint density at radius 2 is 2.00 bits per heavy atom. The van der Waals surface area contributed by atoms with E-state index < -0.39 is 17.8 Å². The summed E-state index contributed by atoms with van der Waals surface area (Å²) in [6.45, 7) is 0. The number of aromatic carboxylic acids is 1. The fourth-order valence-electron chi connectivity index (χ4n) is 1.20. The molecule has 0 radical (unpaired) electrons. The number of carbonyl (C=O) groups is 1. The topological polar surface area (TPSA) is 63.1 Å². The number of rotatable bonds is 2. The molecule has 0 aromatic carbocycles. The molecular formula is C10H5F3N2O2S. The Balaban J connectivity index is 2.41. The molecule has 0 atom stereocenters.